The van der Waals surface area contributed by atoms with Crippen molar-refractivity contribution in [3.63, 3.8) is 0 Å². The van der Waals surface area contributed by atoms with Crippen LogP contribution in [0.1, 0.15) is 51.4 Å². The molecule has 0 aliphatic rings. The summed E-state index contributed by atoms with van der Waals surface area (Å²) in [6.07, 6.45) is 3.94. The minimum Gasteiger partial charge on any atom is -0.347 e. The van der Waals surface area contributed by atoms with Gasteiger partial charge in [0.1, 0.15) is 0 Å². The predicted molar refractivity (Wildman–Crippen MR) is 74.9 cm³/mol. The molecule has 0 unspecified atom stereocenters. The van der Waals surface area contributed by atoms with Gasteiger partial charge in [0.05, 0.1) is 10.6 Å². The van der Waals surface area contributed by atoms with Gasteiger partial charge in [-0.05, 0) is 31.7 Å². The fourth-order valence-corrected chi connectivity index (χ4v) is 2.48. The van der Waals surface area contributed by atoms with Crippen molar-refractivity contribution in [2.75, 3.05) is 0 Å². The number of nitrogens with zero attached hydrogens (tertiary/aromatic N) is 1. The standard InChI is InChI=1S/C14H21ClN2O/c1-13(2,3)9-14(4,5)17-12(18)10-8-16-7-6-11(10)15/h6-8H,9H2,1-5H3,(H,17,18). The Balaban J connectivity index is 2.79. The molecule has 0 aromatic carbocycles. The van der Waals surface area contributed by atoms with Crippen LogP contribution in [0, 0.1) is 5.41 Å². The normalized spacial score (nSPS) is 12.3. The Bertz CT molecular complexity index is 436. The molecule has 0 bridgehead atoms. The molecule has 1 aromatic heterocycles. The molecule has 4 heteroatoms. The summed E-state index contributed by atoms with van der Waals surface area (Å²) in [6, 6.07) is 1.62. The molecule has 1 N–H and O–H groups in total. The molecule has 3 nitrogen and oxygen atoms in total. The van der Waals surface area contributed by atoms with E-state index in [4.69, 9.17) is 11.6 Å². The van der Waals surface area contributed by atoms with E-state index in [1.54, 1.807) is 12.3 Å². The average molecular weight is 269 g/mol. The molecule has 18 heavy (non-hydrogen) atoms. The molecule has 0 saturated heterocycles. The molecule has 1 heterocycles. The van der Waals surface area contributed by atoms with Gasteiger partial charge in [0.2, 0.25) is 0 Å². The Hall–Kier alpha value is -1.09. The topological polar surface area (TPSA) is 42.0 Å². The summed E-state index contributed by atoms with van der Waals surface area (Å²) in [5.41, 5.74) is 0.283. The van der Waals surface area contributed by atoms with Crippen LogP contribution in [0.25, 0.3) is 0 Å². The highest BCUT2D eigenvalue weighted by molar-refractivity contribution is 6.33. The summed E-state index contributed by atoms with van der Waals surface area (Å²) >= 11 is 5.98. The van der Waals surface area contributed by atoms with Gasteiger partial charge in [-0.25, -0.2) is 0 Å². The molecule has 0 saturated carbocycles. The molecule has 1 amide bonds. The van der Waals surface area contributed by atoms with Crippen molar-refractivity contribution < 1.29 is 4.79 Å². The zero-order valence-electron chi connectivity index (χ0n) is 11.7. The Morgan fingerprint density at radius 2 is 1.94 bits per heavy atom. The lowest BCUT2D eigenvalue weighted by Crippen LogP contribution is -2.45. The average Bonchev–Trinajstić information content (AvgIpc) is 2.12. The number of hydrogen-bond acceptors (Lipinski definition) is 2. The van der Waals surface area contributed by atoms with Crippen molar-refractivity contribution in [2.45, 2.75) is 46.6 Å². The summed E-state index contributed by atoms with van der Waals surface area (Å²) in [6.45, 7) is 10.5. The number of carbonyl (C=O) groups excluding carboxylic acids is 1. The van der Waals surface area contributed by atoms with E-state index in [0.717, 1.165) is 6.42 Å². The summed E-state index contributed by atoms with van der Waals surface area (Å²) in [5, 5.41) is 3.43. The zero-order chi connectivity index (χ0) is 14.0. The number of halogens is 1. The molecule has 0 aliphatic heterocycles. The van der Waals surface area contributed by atoms with Crippen LogP contribution in [0.2, 0.25) is 5.02 Å². The highest BCUT2D eigenvalue weighted by Crippen LogP contribution is 2.27. The summed E-state index contributed by atoms with van der Waals surface area (Å²) in [5.74, 6) is -0.178. The number of hydrogen-bond donors (Lipinski definition) is 1. The Morgan fingerprint density at radius 3 is 2.44 bits per heavy atom. The van der Waals surface area contributed by atoms with Crippen LogP contribution >= 0.6 is 11.6 Å². The molecule has 100 valence electrons. The maximum Gasteiger partial charge on any atom is 0.254 e. The maximum absolute atomic E-state index is 12.1. The second kappa shape index (κ2) is 5.27. The van der Waals surface area contributed by atoms with Crippen molar-refractivity contribution >= 4 is 17.5 Å². The molecule has 0 spiro atoms. The van der Waals surface area contributed by atoms with Gasteiger partial charge in [0.25, 0.3) is 5.91 Å². The van der Waals surface area contributed by atoms with E-state index in [1.165, 1.54) is 6.20 Å². The van der Waals surface area contributed by atoms with E-state index >= 15 is 0 Å². The first-order valence-corrected chi connectivity index (χ1v) is 6.41. The number of amides is 1. The van der Waals surface area contributed by atoms with Gasteiger partial charge in [0.15, 0.2) is 0 Å². The molecule has 1 rings (SSSR count). The molecule has 1 aromatic rings. The van der Waals surface area contributed by atoms with Crippen molar-refractivity contribution in [3.8, 4) is 0 Å². The van der Waals surface area contributed by atoms with Gasteiger partial charge in [-0.1, -0.05) is 32.4 Å². The number of carbonyl (C=O) groups is 1. The van der Waals surface area contributed by atoms with Gasteiger partial charge >= 0.3 is 0 Å². The highest BCUT2D eigenvalue weighted by atomic mass is 35.5. The lowest BCUT2D eigenvalue weighted by molar-refractivity contribution is 0.0891. The van der Waals surface area contributed by atoms with E-state index in [2.05, 4.69) is 31.1 Å². The van der Waals surface area contributed by atoms with Gasteiger partial charge in [-0.2, -0.15) is 0 Å². The number of rotatable bonds is 3. The third-order valence-electron chi connectivity index (χ3n) is 2.44. The van der Waals surface area contributed by atoms with Gasteiger partial charge < -0.3 is 5.32 Å². The first-order valence-electron chi connectivity index (χ1n) is 6.03. The molecule has 0 fully saturated rings. The van der Waals surface area contributed by atoms with Gasteiger partial charge in [0, 0.05) is 17.9 Å². The SMILES string of the molecule is CC(C)(C)CC(C)(C)NC(=O)c1cnccc1Cl. The fourth-order valence-electron chi connectivity index (χ4n) is 2.29. The number of nitrogens with one attached hydrogen (secondary N) is 1. The quantitative estimate of drug-likeness (QED) is 0.909. The second-order valence-electron chi connectivity index (χ2n) is 6.43. The minimum atomic E-state index is -0.283. The first kappa shape index (κ1) is 15.0. The predicted octanol–water partition coefficient (Wildman–Crippen LogP) is 3.68. The van der Waals surface area contributed by atoms with Crippen LogP contribution in [-0.2, 0) is 0 Å². The van der Waals surface area contributed by atoms with Crippen LogP contribution < -0.4 is 5.32 Å². The molecule has 0 aliphatic carbocycles. The number of pyridine rings is 1. The van der Waals surface area contributed by atoms with Crippen LogP contribution in [-0.4, -0.2) is 16.4 Å². The third kappa shape index (κ3) is 4.65. The summed E-state index contributed by atoms with van der Waals surface area (Å²) in [4.78, 5) is 16.1. The van der Waals surface area contributed by atoms with Crippen molar-refractivity contribution in [1.82, 2.24) is 10.3 Å². The molecule has 0 atom stereocenters. The zero-order valence-corrected chi connectivity index (χ0v) is 12.4. The van der Waals surface area contributed by atoms with E-state index < -0.39 is 0 Å². The lowest BCUT2D eigenvalue weighted by Gasteiger charge is -2.33. The van der Waals surface area contributed by atoms with Crippen molar-refractivity contribution in [2.24, 2.45) is 5.41 Å². The number of aromatic nitrogens is 1. The second-order valence-corrected chi connectivity index (χ2v) is 6.84. The van der Waals surface area contributed by atoms with Crippen molar-refractivity contribution in [3.05, 3.63) is 29.0 Å². The van der Waals surface area contributed by atoms with Crippen LogP contribution in [0.3, 0.4) is 0 Å². The third-order valence-corrected chi connectivity index (χ3v) is 2.77. The molecular formula is C14H21ClN2O. The smallest absolute Gasteiger partial charge is 0.254 e. The van der Waals surface area contributed by atoms with E-state index in [1.807, 2.05) is 13.8 Å². The van der Waals surface area contributed by atoms with Crippen molar-refractivity contribution in [1.29, 1.82) is 0 Å². The summed E-state index contributed by atoms with van der Waals surface area (Å²) in [7, 11) is 0. The Kier molecular flexibility index (Phi) is 4.38. The highest BCUT2D eigenvalue weighted by Gasteiger charge is 2.27. The maximum atomic E-state index is 12.1. The Labute approximate surface area is 114 Å². The van der Waals surface area contributed by atoms with Crippen LogP contribution in [0.4, 0.5) is 0 Å². The van der Waals surface area contributed by atoms with Crippen LogP contribution in [0.15, 0.2) is 18.5 Å². The minimum absolute atomic E-state index is 0.148. The fraction of sp³-hybridized carbons (Fsp3) is 0.571. The lowest BCUT2D eigenvalue weighted by atomic mass is 9.81. The van der Waals surface area contributed by atoms with Crippen LogP contribution in [0.5, 0.6) is 0 Å². The van der Waals surface area contributed by atoms with E-state index in [0.29, 0.717) is 10.6 Å². The summed E-state index contributed by atoms with van der Waals surface area (Å²) < 4.78 is 0. The molecular weight excluding hydrogens is 248 g/mol. The van der Waals surface area contributed by atoms with E-state index in [9.17, 15) is 4.79 Å². The molecule has 0 radical (unpaired) electrons. The monoisotopic (exact) mass is 268 g/mol. The van der Waals surface area contributed by atoms with E-state index in [-0.39, 0.29) is 16.9 Å². The largest absolute Gasteiger partial charge is 0.347 e. The Morgan fingerprint density at radius 1 is 1.33 bits per heavy atom. The van der Waals surface area contributed by atoms with Gasteiger partial charge in [-0.15, -0.1) is 0 Å². The van der Waals surface area contributed by atoms with Gasteiger partial charge in [-0.3, -0.25) is 9.78 Å². The first-order chi connectivity index (χ1) is 8.11.